The maximum atomic E-state index is 12.5. The topological polar surface area (TPSA) is 47.5 Å². The van der Waals surface area contributed by atoms with Crippen LogP contribution in [0.15, 0.2) is 0 Å². The van der Waals surface area contributed by atoms with Crippen LogP contribution in [0.5, 0.6) is 0 Å². The number of nitrogens with zero attached hydrogens (tertiary/aromatic N) is 3. The van der Waals surface area contributed by atoms with Crippen LogP contribution in [0.25, 0.3) is 0 Å². The van der Waals surface area contributed by atoms with Crippen LogP contribution in [0.3, 0.4) is 0 Å². The summed E-state index contributed by atoms with van der Waals surface area (Å²) in [4.78, 5) is 1.75. The van der Waals surface area contributed by atoms with E-state index in [4.69, 9.17) is 9.47 Å². The zero-order chi connectivity index (χ0) is 13.5. The Bertz CT molecular complexity index is 459. The van der Waals surface area contributed by atoms with Crippen molar-refractivity contribution in [3.05, 3.63) is 5.01 Å². The molecule has 0 amide bonds. The molecule has 2 aliphatic rings. The number of anilines is 1. The maximum absolute atomic E-state index is 12.5. The van der Waals surface area contributed by atoms with E-state index < -0.39 is 17.0 Å². The van der Waals surface area contributed by atoms with E-state index in [1.165, 1.54) is 0 Å². The molecular weight excluding hydrogens is 283 g/mol. The number of aromatic nitrogens is 2. The Morgan fingerprint density at radius 2 is 1.95 bits per heavy atom. The molecule has 0 N–H and O–H groups in total. The fourth-order valence-electron chi connectivity index (χ4n) is 2.34. The molecule has 0 radical (unpaired) electrons. The van der Waals surface area contributed by atoms with Gasteiger partial charge in [0.1, 0.15) is 0 Å². The van der Waals surface area contributed by atoms with Gasteiger partial charge in [0, 0.05) is 13.0 Å². The standard InChI is InChI=1S/C10H12F3N3O2S/c11-10(12,13)7-14-15-8(19-7)16-3-1-2-9(6-16)17-4-5-18-9/h1-6H2. The van der Waals surface area contributed by atoms with E-state index in [0.29, 0.717) is 37.6 Å². The van der Waals surface area contributed by atoms with Crippen LogP contribution < -0.4 is 4.90 Å². The molecule has 106 valence electrons. The number of halogens is 3. The third-order valence-corrected chi connectivity index (χ3v) is 4.19. The van der Waals surface area contributed by atoms with E-state index in [1.807, 2.05) is 0 Å². The van der Waals surface area contributed by atoms with Crippen LogP contribution in [-0.4, -0.2) is 42.3 Å². The Hall–Kier alpha value is -0.930. The van der Waals surface area contributed by atoms with Gasteiger partial charge in [0.05, 0.1) is 19.8 Å². The highest BCUT2D eigenvalue weighted by Crippen LogP contribution is 2.37. The highest BCUT2D eigenvalue weighted by atomic mass is 32.1. The zero-order valence-electron chi connectivity index (χ0n) is 9.94. The molecule has 3 heterocycles. The summed E-state index contributed by atoms with van der Waals surface area (Å²) in [7, 11) is 0. The van der Waals surface area contributed by atoms with E-state index in [2.05, 4.69) is 10.2 Å². The highest BCUT2D eigenvalue weighted by Gasteiger charge is 2.42. The number of ether oxygens (including phenoxy) is 2. The first-order chi connectivity index (χ1) is 8.99. The molecule has 0 saturated carbocycles. The summed E-state index contributed by atoms with van der Waals surface area (Å²) in [6, 6.07) is 0. The van der Waals surface area contributed by atoms with Gasteiger partial charge in [-0.2, -0.15) is 13.2 Å². The number of piperidine rings is 1. The zero-order valence-corrected chi connectivity index (χ0v) is 10.8. The Kier molecular flexibility index (Phi) is 3.14. The Labute approximate surface area is 111 Å². The van der Waals surface area contributed by atoms with Crippen molar-refractivity contribution in [2.75, 3.05) is 31.2 Å². The molecule has 0 aromatic carbocycles. The summed E-state index contributed by atoms with van der Waals surface area (Å²) in [6.45, 7) is 2.09. The molecule has 0 unspecified atom stereocenters. The van der Waals surface area contributed by atoms with E-state index in [1.54, 1.807) is 4.90 Å². The fourth-order valence-corrected chi connectivity index (χ4v) is 3.08. The number of rotatable bonds is 1. The molecule has 2 aliphatic heterocycles. The number of alkyl halides is 3. The SMILES string of the molecule is FC(F)(F)c1nnc(N2CCCC3(C2)OCCO3)s1. The smallest absolute Gasteiger partial charge is 0.346 e. The van der Waals surface area contributed by atoms with Gasteiger partial charge < -0.3 is 14.4 Å². The molecule has 2 saturated heterocycles. The van der Waals surface area contributed by atoms with Crippen LogP contribution in [0.4, 0.5) is 18.3 Å². The highest BCUT2D eigenvalue weighted by molar-refractivity contribution is 7.15. The van der Waals surface area contributed by atoms with Crippen molar-refractivity contribution in [1.29, 1.82) is 0 Å². The summed E-state index contributed by atoms with van der Waals surface area (Å²) < 4.78 is 48.7. The summed E-state index contributed by atoms with van der Waals surface area (Å²) in [5, 5.41) is 6.17. The van der Waals surface area contributed by atoms with Crippen LogP contribution in [0.1, 0.15) is 17.8 Å². The third-order valence-electron chi connectivity index (χ3n) is 3.16. The Morgan fingerprint density at radius 1 is 1.21 bits per heavy atom. The molecule has 0 atom stereocenters. The van der Waals surface area contributed by atoms with Gasteiger partial charge >= 0.3 is 6.18 Å². The second kappa shape index (κ2) is 4.57. The predicted octanol–water partition coefficient (Wildman–Crippen LogP) is 1.90. The van der Waals surface area contributed by atoms with E-state index in [9.17, 15) is 13.2 Å². The maximum Gasteiger partial charge on any atom is 0.445 e. The minimum Gasteiger partial charge on any atom is -0.346 e. The first kappa shape index (κ1) is 13.1. The van der Waals surface area contributed by atoms with Crippen molar-refractivity contribution in [2.24, 2.45) is 0 Å². The third kappa shape index (κ3) is 2.54. The minimum absolute atomic E-state index is 0.269. The Morgan fingerprint density at radius 3 is 2.58 bits per heavy atom. The fraction of sp³-hybridized carbons (Fsp3) is 0.800. The van der Waals surface area contributed by atoms with Crippen LogP contribution in [0.2, 0.25) is 0 Å². The van der Waals surface area contributed by atoms with Gasteiger partial charge in [-0.05, 0) is 6.42 Å². The van der Waals surface area contributed by atoms with Gasteiger partial charge in [-0.3, -0.25) is 0 Å². The number of hydrogen-bond donors (Lipinski definition) is 0. The average Bonchev–Trinajstić information content (AvgIpc) is 2.98. The Balaban J connectivity index is 1.76. The average molecular weight is 295 g/mol. The first-order valence-corrected chi connectivity index (χ1v) is 6.74. The molecule has 9 heteroatoms. The monoisotopic (exact) mass is 295 g/mol. The van der Waals surface area contributed by atoms with Crippen LogP contribution >= 0.6 is 11.3 Å². The lowest BCUT2D eigenvalue weighted by Gasteiger charge is -2.38. The second-order valence-electron chi connectivity index (χ2n) is 4.52. The van der Waals surface area contributed by atoms with Crippen molar-refractivity contribution < 1.29 is 22.6 Å². The van der Waals surface area contributed by atoms with Crippen molar-refractivity contribution in [3.63, 3.8) is 0 Å². The normalized spacial score (nSPS) is 23.2. The molecule has 2 fully saturated rings. The van der Waals surface area contributed by atoms with Crippen molar-refractivity contribution in [3.8, 4) is 0 Å². The minimum atomic E-state index is -4.44. The summed E-state index contributed by atoms with van der Waals surface area (Å²) in [6.07, 6.45) is -2.89. The largest absolute Gasteiger partial charge is 0.445 e. The van der Waals surface area contributed by atoms with E-state index >= 15 is 0 Å². The molecule has 5 nitrogen and oxygen atoms in total. The lowest BCUT2D eigenvalue weighted by molar-refractivity contribution is -0.161. The quantitative estimate of drug-likeness (QED) is 0.792. The van der Waals surface area contributed by atoms with Gasteiger partial charge in [-0.1, -0.05) is 11.3 Å². The predicted molar refractivity (Wildman–Crippen MR) is 61.0 cm³/mol. The molecule has 0 aliphatic carbocycles. The van der Waals surface area contributed by atoms with Crippen LogP contribution in [-0.2, 0) is 15.7 Å². The first-order valence-electron chi connectivity index (χ1n) is 5.92. The van der Waals surface area contributed by atoms with Crippen LogP contribution in [0, 0.1) is 0 Å². The van der Waals surface area contributed by atoms with E-state index in [0.717, 1.165) is 12.8 Å². The van der Waals surface area contributed by atoms with Gasteiger partial charge in [0.15, 0.2) is 5.79 Å². The van der Waals surface area contributed by atoms with Gasteiger partial charge in [0.25, 0.3) is 0 Å². The summed E-state index contributed by atoms with van der Waals surface area (Å²) >= 11 is 0.556. The van der Waals surface area contributed by atoms with Crippen molar-refractivity contribution in [1.82, 2.24) is 10.2 Å². The molecule has 1 aromatic rings. The molecule has 1 aromatic heterocycles. The second-order valence-corrected chi connectivity index (χ2v) is 5.48. The van der Waals surface area contributed by atoms with Crippen molar-refractivity contribution >= 4 is 16.5 Å². The number of hydrogen-bond acceptors (Lipinski definition) is 6. The summed E-state index contributed by atoms with van der Waals surface area (Å²) in [5.74, 6) is -0.678. The summed E-state index contributed by atoms with van der Waals surface area (Å²) in [5.41, 5.74) is 0. The lowest BCUT2D eigenvalue weighted by atomic mass is 10.1. The van der Waals surface area contributed by atoms with Gasteiger partial charge in [-0.15, -0.1) is 10.2 Å². The van der Waals surface area contributed by atoms with Gasteiger partial charge in [-0.25, -0.2) is 0 Å². The molecule has 3 rings (SSSR count). The van der Waals surface area contributed by atoms with E-state index in [-0.39, 0.29) is 5.13 Å². The molecular formula is C10H12F3N3O2S. The molecule has 19 heavy (non-hydrogen) atoms. The van der Waals surface area contributed by atoms with Gasteiger partial charge in [0.2, 0.25) is 10.1 Å². The molecule has 0 bridgehead atoms. The molecule has 1 spiro atoms. The van der Waals surface area contributed by atoms with Crippen molar-refractivity contribution in [2.45, 2.75) is 24.8 Å². The lowest BCUT2D eigenvalue weighted by Crippen LogP contribution is -2.49.